The van der Waals surface area contributed by atoms with Gasteiger partial charge in [0.1, 0.15) is 5.82 Å². The minimum Gasteiger partial charge on any atom is -0.407 e. The van der Waals surface area contributed by atoms with E-state index in [4.69, 9.17) is 10.2 Å². The molecule has 6 heteroatoms. The van der Waals surface area contributed by atoms with Crippen LogP contribution in [0, 0.1) is 5.82 Å². The third-order valence-corrected chi connectivity index (χ3v) is 2.27. The maximum absolute atomic E-state index is 13.0. The molecule has 0 radical (unpaired) electrons. The SMILES string of the molecule is CN(Cc1cccc(F)c1)c1nnc(CN)o1. The molecule has 90 valence electrons. The molecule has 0 aliphatic carbocycles. The number of rotatable bonds is 4. The Kier molecular flexibility index (Phi) is 3.34. The van der Waals surface area contributed by atoms with Crippen LogP contribution in [-0.2, 0) is 13.1 Å². The second kappa shape index (κ2) is 4.92. The zero-order valence-corrected chi connectivity index (χ0v) is 9.43. The van der Waals surface area contributed by atoms with E-state index in [1.54, 1.807) is 18.0 Å². The summed E-state index contributed by atoms with van der Waals surface area (Å²) >= 11 is 0. The molecule has 17 heavy (non-hydrogen) atoms. The number of hydrogen-bond acceptors (Lipinski definition) is 5. The van der Waals surface area contributed by atoms with Crippen LogP contribution in [0.2, 0.25) is 0 Å². The summed E-state index contributed by atoms with van der Waals surface area (Å²) in [5.74, 6) is 0.121. The standard InChI is InChI=1S/C11H13FN4O/c1-16(11-15-14-10(6-13)17-11)7-8-3-2-4-9(12)5-8/h2-5H,6-7,13H2,1H3. The van der Waals surface area contributed by atoms with Crippen molar-refractivity contribution in [3.63, 3.8) is 0 Å². The maximum atomic E-state index is 13.0. The number of nitrogens with two attached hydrogens (primary N) is 1. The van der Waals surface area contributed by atoms with E-state index in [1.807, 2.05) is 6.07 Å². The quantitative estimate of drug-likeness (QED) is 0.866. The minimum atomic E-state index is -0.260. The summed E-state index contributed by atoms with van der Waals surface area (Å²) < 4.78 is 18.3. The summed E-state index contributed by atoms with van der Waals surface area (Å²) in [5, 5.41) is 7.60. The number of halogens is 1. The molecule has 0 bridgehead atoms. The summed E-state index contributed by atoms with van der Waals surface area (Å²) in [5.41, 5.74) is 6.20. The highest BCUT2D eigenvalue weighted by Crippen LogP contribution is 2.14. The first-order valence-corrected chi connectivity index (χ1v) is 5.17. The lowest BCUT2D eigenvalue weighted by Crippen LogP contribution is -2.16. The molecular weight excluding hydrogens is 223 g/mol. The van der Waals surface area contributed by atoms with Gasteiger partial charge in [0.25, 0.3) is 0 Å². The van der Waals surface area contributed by atoms with E-state index in [-0.39, 0.29) is 12.4 Å². The van der Waals surface area contributed by atoms with Crippen molar-refractivity contribution in [2.45, 2.75) is 13.1 Å². The largest absolute Gasteiger partial charge is 0.407 e. The molecule has 1 heterocycles. The molecule has 2 N–H and O–H groups in total. The van der Waals surface area contributed by atoms with Crippen molar-refractivity contribution in [2.24, 2.45) is 5.73 Å². The van der Waals surface area contributed by atoms with Crippen LogP contribution in [0.15, 0.2) is 28.7 Å². The van der Waals surface area contributed by atoms with Gasteiger partial charge in [0.15, 0.2) is 0 Å². The Morgan fingerprint density at radius 3 is 2.88 bits per heavy atom. The fourth-order valence-electron chi connectivity index (χ4n) is 1.46. The normalized spacial score (nSPS) is 10.5. The van der Waals surface area contributed by atoms with Crippen LogP contribution < -0.4 is 10.6 Å². The predicted molar refractivity (Wildman–Crippen MR) is 60.7 cm³/mol. The molecule has 0 saturated heterocycles. The van der Waals surface area contributed by atoms with Crippen molar-refractivity contribution in [1.82, 2.24) is 10.2 Å². The fraction of sp³-hybridized carbons (Fsp3) is 0.273. The van der Waals surface area contributed by atoms with Gasteiger partial charge in [-0.15, -0.1) is 5.10 Å². The van der Waals surface area contributed by atoms with Gasteiger partial charge in [-0.3, -0.25) is 0 Å². The van der Waals surface area contributed by atoms with Crippen LogP contribution in [0.1, 0.15) is 11.5 Å². The first-order chi connectivity index (χ1) is 8.19. The summed E-state index contributed by atoms with van der Waals surface area (Å²) in [6.45, 7) is 0.699. The van der Waals surface area contributed by atoms with Gasteiger partial charge in [-0.25, -0.2) is 4.39 Å². The number of anilines is 1. The Morgan fingerprint density at radius 2 is 2.24 bits per heavy atom. The average molecular weight is 236 g/mol. The molecule has 0 fully saturated rings. The molecule has 0 aliphatic heterocycles. The summed E-state index contributed by atoms with van der Waals surface area (Å²) in [7, 11) is 1.79. The van der Waals surface area contributed by atoms with E-state index in [0.717, 1.165) is 5.56 Å². The van der Waals surface area contributed by atoms with Crippen LogP contribution in [-0.4, -0.2) is 17.2 Å². The molecule has 1 aromatic heterocycles. The molecule has 0 aliphatic rings. The highest BCUT2D eigenvalue weighted by molar-refractivity contribution is 5.27. The number of nitrogens with zero attached hydrogens (tertiary/aromatic N) is 3. The van der Waals surface area contributed by atoms with E-state index < -0.39 is 0 Å². The van der Waals surface area contributed by atoms with Gasteiger partial charge in [0, 0.05) is 13.6 Å². The smallest absolute Gasteiger partial charge is 0.318 e. The van der Waals surface area contributed by atoms with E-state index >= 15 is 0 Å². The van der Waals surface area contributed by atoms with E-state index in [9.17, 15) is 4.39 Å². The van der Waals surface area contributed by atoms with Crippen molar-refractivity contribution in [2.75, 3.05) is 11.9 Å². The highest BCUT2D eigenvalue weighted by atomic mass is 19.1. The molecule has 2 aromatic rings. The van der Waals surface area contributed by atoms with Gasteiger partial charge in [-0.2, -0.15) is 0 Å². The van der Waals surface area contributed by atoms with Gasteiger partial charge in [-0.05, 0) is 17.7 Å². The Morgan fingerprint density at radius 1 is 1.41 bits per heavy atom. The predicted octanol–water partition coefficient (Wildman–Crippen LogP) is 1.30. The topological polar surface area (TPSA) is 68.2 Å². The number of benzene rings is 1. The van der Waals surface area contributed by atoms with Crippen molar-refractivity contribution in [1.29, 1.82) is 0 Å². The average Bonchev–Trinajstić information content (AvgIpc) is 2.77. The van der Waals surface area contributed by atoms with E-state index in [0.29, 0.717) is 18.5 Å². The second-order valence-corrected chi connectivity index (χ2v) is 3.67. The van der Waals surface area contributed by atoms with Crippen molar-refractivity contribution >= 4 is 6.01 Å². The van der Waals surface area contributed by atoms with Gasteiger partial charge in [0.05, 0.1) is 6.54 Å². The van der Waals surface area contributed by atoms with Crippen molar-refractivity contribution < 1.29 is 8.81 Å². The van der Waals surface area contributed by atoms with E-state index in [2.05, 4.69) is 10.2 Å². The molecule has 0 spiro atoms. The number of aromatic nitrogens is 2. The van der Waals surface area contributed by atoms with Gasteiger partial charge >= 0.3 is 6.01 Å². The summed E-state index contributed by atoms with van der Waals surface area (Å²) in [6, 6.07) is 6.74. The molecule has 0 unspecified atom stereocenters. The molecule has 0 saturated carbocycles. The zero-order chi connectivity index (χ0) is 12.3. The van der Waals surface area contributed by atoms with Crippen LogP contribution >= 0.6 is 0 Å². The molecule has 0 amide bonds. The first kappa shape index (κ1) is 11.5. The third kappa shape index (κ3) is 2.79. The molecular formula is C11H13FN4O. The lowest BCUT2D eigenvalue weighted by molar-refractivity contribution is 0.490. The van der Waals surface area contributed by atoms with Crippen LogP contribution in [0.5, 0.6) is 0 Å². The molecule has 1 aromatic carbocycles. The Bertz CT molecular complexity index is 500. The Hall–Kier alpha value is -1.95. The van der Waals surface area contributed by atoms with Gasteiger partial charge in [0.2, 0.25) is 5.89 Å². The zero-order valence-electron chi connectivity index (χ0n) is 9.43. The third-order valence-electron chi connectivity index (χ3n) is 2.27. The Labute approximate surface area is 98.1 Å². The van der Waals surface area contributed by atoms with Crippen LogP contribution in [0.3, 0.4) is 0 Å². The summed E-state index contributed by atoms with van der Waals surface area (Å²) in [4.78, 5) is 1.74. The maximum Gasteiger partial charge on any atom is 0.318 e. The monoisotopic (exact) mass is 236 g/mol. The van der Waals surface area contributed by atoms with Gasteiger partial charge in [-0.1, -0.05) is 17.2 Å². The minimum absolute atomic E-state index is 0.209. The first-order valence-electron chi connectivity index (χ1n) is 5.17. The van der Waals surface area contributed by atoms with Crippen molar-refractivity contribution in [3.8, 4) is 0 Å². The number of hydrogen-bond donors (Lipinski definition) is 1. The second-order valence-electron chi connectivity index (χ2n) is 3.67. The van der Waals surface area contributed by atoms with Crippen LogP contribution in [0.4, 0.5) is 10.4 Å². The Balaban J connectivity index is 2.08. The fourth-order valence-corrected chi connectivity index (χ4v) is 1.46. The summed E-state index contributed by atoms with van der Waals surface area (Å²) in [6.07, 6.45) is 0. The van der Waals surface area contributed by atoms with Crippen molar-refractivity contribution in [3.05, 3.63) is 41.5 Å². The van der Waals surface area contributed by atoms with Gasteiger partial charge < -0.3 is 15.1 Å². The van der Waals surface area contributed by atoms with Crippen LogP contribution in [0.25, 0.3) is 0 Å². The molecule has 2 rings (SSSR count). The lowest BCUT2D eigenvalue weighted by Gasteiger charge is -2.13. The molecule has 0 atom stereocenters. The van der Waals surface area contributed by atoms with E-state index in [1.165, 1.54) is 12.1 Å². The lowest BCUT2D eigenvalue weighted by atomic mass is 10.2. The highest BCUT2D eigenvalue weighted by Gasteiger charge is 2.10. The molecule has 5 nitrogen and oxygen atoms in total.